The number of carbonyl (C=O) groups excluding carboxylic acids is 11. The molecule has 0 saturated carbocycles. The first-order chi connectivity index (χ1) is 32.5. The molecule has 2 heterocycles. The number of likely N-dealkylation sites (tertiary alicyclic amines) is 1. The van der Waals surface area contributed by atoms with E-state index in [9.17, 15) is 57.8 Å². The fourth-order valence-corrected chi connectivity index (χ4v) is 10.0. The number of nitrogens with two attached hydrogens (primary N) is 4. The Bertz CT molecular complexity index is 2040. The summed E-state index contributed by atoms with van der Waals surface area (Å²) in [7, 11) is 2.10. The Morgan fingerprint density at radius 1 is 0.797 bits per heavy atom. The van der Waals surface area contributed by atoms with Crippen molar-refractivity contribution in [3.05, 3.63) is 29.8 Å². The summed E-state index contributed by atoms with van der Waals surface area (Å²) in [6, 6.07) is -2.87. The van der Waals surface area contributed by atoms with E-state index < -0.39 is 132 Å². The number of carbonyl (C=O) groups is 11. The third-order valence-corrected chi connectivity index (χ3v) is 14.3. The number of nitrogens with one attached hydrogen (secondary N) is 5. The zero-order chi connectivity index (χ0) is 51.5. The minimum absolute atomic E-state index is 0.0396. The van der Waals surface area contributed by atoms with Crippen LogP contribution < -0.4 is 49.5 Å². The quantitative estimate of drug-likeness (QED) is 0.0766. The van der Waals surface area contributed by atoms with E-state index in [1.165, 1.54) is 17.0 Å². The zero-order valence-corrected chi connectivity index (χ0v) is 41.1. The Kier molecular flexibility index (Phi) is 23.4. The zero-order valence-electron chi connectivity index (χ0n) is 39.5. The Balaban J connectivity index is 2.05. The maximum absolute atomic E-state index is 14.5. The van der Waals surface area contributed by atoms with Crippen LogP contribution in [0.15, 0.2) is 24.3 Å². The van der Waals surface area contributed by atoms with Gasteiger partial charge in [-0.15, -0.1) is 0 Å². The summed E-state index contributed by atoms with van der Waals surface area (Å²) in [5.74, 6) is -10.7. The van der Waals surface area contributed by atoms with E-state index in [2.05, 4.69) is 26.6 Å². The van der Waals surface area contributed by atoms with Crippen molar-refractivity contribution in [3.63, 3.8) is 0 Å². The maximum Gasteiger partial charge on any atom is 0.246 e. The lowest BCUT2D eigenvalue weighted by Gasteiger charge is -2.31. The second kappa shape index (κ2) is 28.0. The summed E-state index contributed by atoms with van der Waals surface area (Å²) >= 11 is 0. The summed E-state index contributed by atoms with van der Waals surface area (Å²) in [4.78, 5) is 149. The van der Waals surface area contributed by atoms with Crippen LogP contribution in [-0.2, 0) is 59.2 Å². The summed E-state index contributed by atoms with van der Waals surface area (Å²) in [6.45, 7) is 7.20. The number of phenolic OH excluding ortho intramolecular Hbond substituents is 1. The van der Waals surface area contributed by atoms with Crippen molar-refractivity contribution >= 4 is 86.3 Å². The molecule has 1 aromatic rings. The van der Waals surface area contributed by atoms with Crippen LogP contribution in [0.2, 0.25) is 0 Å². The van der Waals surface area contributed by atoms with Gasteiger partial charge in [-0.05, 0) is 55.2 Å². The molecule has 0 bridgehead atoms. The van der Waals surface area contributed by atoms with Gasteiger partial charge in [0.25, 0.3) is 0 Å². The highest BCUT2D eigenvalue weighted by atomic mass is 33.1. The normalized spacial score (nSPS) is 24.5. The molecule has 24 heteroatoms. The van der Waals surface area contributed by atoms with Crippen molar-refractivity contribution in [1.82, 2.24) is 31.5 Å². The topological polar surface area (TPSA) is 375 Å². The molecule has 3 rings (SSSR count). The second-order valence-corrected chi connectivity index (χ2v) is 20.5. The molecule has 2 aliphatic rings. The van der Waals surface area contributed by atoms with Gasteiger partial charge in [-0.25, -0.2) is 0 Å². The average Bonchev–Trinajstić information content (AvgIpc) is 3.78. The number of hydrogen-bond acceptors (Lipinski definition) is 15. The average molecular weight is 1010 g/mol. The molecule has 9 atom stereocenters. The molecular weight excluding hydrogens is 937 g/mol. The molecule has 1 aromatic carbocycles. The second-order valence-electron chi connectivity index (χ2n) is 18.0. The summed E-state index contributed by atoms with van der Waals surface area (Å²) in [6.07, 6.45) is -1.42. The SMILES string of the molecule is CCC(C)C1NC(=O)C(Cc2ccc(O)cc2)NC(=O)C(N)CSSCC(C(=O)N2CCCC2C(=O)NC(CC(C)C)C(=O)CCC(N)=O)NC(=O)C(CC(N)=O)CC(=O)C(CCC(N)=O)NC1=O. The van der Waals surface area contributed by atoms with Crippen LogP contribution in [-0.4, -0.2) is 135 Å². The molecule has 2 fully saturated rings. The minimum Gasteiger partial charge on any atom is -0.508 e. The van der Waals surface area contributed by atoms with Gasteiger partial charge in [0.2, 0.25) is 53.2 Å². The first kappa shape index (κ1) is 57.6. The number of phenols is 1. The van der Waals surface area contributed by atoms with Gasteiger partial charge < -0.3 is 59.5 Å². The van der Waals surface area contributed by atoms with Crippen molar-refractivity contribution in [2.24, 2.45) is 40.7 Å². The number of aromatic hydroxyl groups is 1. The van der Waals surface area contributed by atoms with Gasteiger partial charge in [0.15, 0.2) is 11.6 Å². The summed E-state index contributed by atoms with van der Waals surface area (Å²) in [5, 5.41) is 23.2. The van der Waals surface area contributed by atoms with Gasteiger partial charge in [0.1, 0.15) is 29.9 Å². The molecule has 14 N–H and O–H groups in total. The number of hydrogen-bond donors (Lipinski definition) is 10. The van der Waals surface area contributed by atoms with Crippen molar-refractivity contribution in [2.45, 2.75) is 141 Å². The maximum atomic E-state index is 14.5. The number of Topliss-reactive ketones (excluding diaryl/α,β-unsaturated/α-hetero) is 2. The monoisotopic (exact) mass is 1000 g/mol. The smallest absolute Gasteiger partial charge is 0.246 e. The fraction of sp³-hybridized carbons (Fsp3) is 0.622. The third kappa shape index (κ3) is 18.9. The van der Waals surface area contributed by atoms with E-state index in [1.807, 2.05) is 13.8 Å². The van der Waals surface area contributed by atoms with Gasteiger partial charge in [-0.3, -0.25) is 52.7 Å². The Morgan fingerprint density at radius 2 is 1.43 bits per heavy atom. The highest BCUT2D eigenvalue weighted by Crippen LogP contribution is 2.27. The van der Waals surface area contributed by atoms with Crippen LogP contribution in [0, 0.1) is 17.8 Å². The van der Waals surface area contributed by atoms with Crippen LogP contribution >= 0.6 is 21.6 Å². The van der Waals surface area contributed by atoms with E-state index in [0.29, 0.717) is 18.4 Å². The molecule has 9 unspecified atom stereocenters. The molecule has 22 nitrogen and oxygen atoms in total. The first-order valence-electron chi connectivity index (χ1n) is 23.0. The Hall–Kier alpha value is -5.75. The number of rotatable bonds is 18. The van der Waals surface area contributed by atoms with Crippen molar-refractivity contribution in [3.8, 4) is 5.75 Å². The number of amides is 9. The van der Waals surface area contributed by atoms with E-state index in [1.54, 1.807) is 26.0 Å². The molecule has 0 spiro atoms. The lowest BCUT2D eigenvalue weighted by Crippen LogP contribution is -2.59. The third-order valence-electron chi connectivity index (χ3n) is 11.8. The van der Waals surface area contributed by atoms with Crippen molar-refractivity contribution in [2.75, 3.05) is 18.1 Å². The van der Waals surface area contributed by atoms with E-state index in [0.717, 1.165) is 21.6 Å². The van der Waals surface area contributed by atoms with E-state index in [-0.39, 0.29) is 74.7 Å². The first-order valence-corrected chi connectivity index (χ1v) is 25.5. The molecule has 0 radical (unpaired) electrons. The molecule has 382 valence electrons. The van der Waals surface area contributed by atoms with Crippen molar-refractivity contribution in [1.29, 1.82) is 0 Å². The van der Waals surface area contributed by atoms with E-state index in [4.69, 9.17) is 22.9 Å². The molecule has 0 aliphatic carbocycles. The minimum atomic E-state index is -1.50. The van der Waals surface area contributed by atoms with Crippen molar-refractivity contribution < 1.29 is 57.8 Å². The summed E-state index contributed by atoms with van der Waals surface area (Å²) < 4.78 is 0. The van der Waals surface area contributed by atoms with Gasteiger partial charge in [-0.2, -0.15) is 0 Å². The molecule has 2 saturated heterocycles. The van der Waals surface area contributed by atoms with Gasteiger partial charge in [0, 0.05) is 56.6 Å². The number of nitrogens with zero attached hydrogens (tertiary/aromatic N) is 1. The number of benzene rings is 1. The van der Waals surface area contributed by atoms with Crippen LogP contribution in [0.5, 0.6) is 5.75 Å². The fourth-order valence-electron chi connectivity index (χ4n) is 7.77. The van der Waals surface area contributed by atoms with Gasteiger partial charge in [-0.1, -0.05) is 67.8 Å². The highest BCUT2D eigenvalue weighted by Gasteiger charge is 2.41. The largest absolute Gasteiger partial charge is 0.508 e. The summed E-state index contributed by atoms with van der Waals surface area (Å²) in [5.41, 5.74) is 23.1. The molecule has 2 aliphatic heterocycles. The van der Waals surface area contributed by atoms with Crippen LogP contribution in [0.4, 0.5) is 0 Å². The van der Waals surface area contributed by atoms with Crippen LogP contribution in [0.1, 0.15) is 97.5 Å². The Morgan fingerprint density at radius 3 is 2.04 bits per heavy atom. The number of primary amides is 3. The predicted molar refractivity (Wildman–Crippen MR) is 257 cm³/mol. The van der Waals surface area contributed by atoms with E-state index >= 15 is 0 Å². The molecule has 9 amide bonds. The lowest BCUT2D eigenvalue weighted by molar-refractivity contribution is -0.142. The standard InChI is InChI=1S/C45H68N10O12S2/c1-5-24(4)39-44(66)50-29(12-14-36(47)59)35(58)19-26(20-38(49)61)40(62)53-32(22-69-68-21-28(46)41(63)52-31(42(64)54-39)18-25-8-10-27(56)11-9-25)45(67)55-16-6-7-33(55)43(65)51-30(17-23(2)3)34(57)13-15-37(48)60/h8-11,23-24,26,28-33,39,56H,5-7,12-22,46H2,1-4H3,(H2,47,59)(H2,48,60)(H2,49,61)(H,50,66)(H,51,65)(H,52,63)(H,53,62)(H,54,64). The predicted octanol–water partition coefficient (Wildman–Crippen LogP) is -1.28. The highest BCUT2D eigenvalue weighted by molar-refractivity contribution is 8.76. The van der Waals surface area contributed by atoms with Gasteiger partial charge in [0.05, 0.1) is 24.0 Å². The lowest BCUT2D eigenvalue weighted by atomic mass is 9.91. The molecule has 69 heavy (non-hydrogen) atoms. The Labute approximate surface area is 409 Å². The molecular formula is C45H68N10O12S2. The van der Waals surface area contributed by atoms with Crippen LogP contribution in [0.3, 0.4) is 0 Å². The molecule has 0 aromatic heterocycles. The van der Waals surface area contributed by atoms with Crippen LogP contribution in [0.25, 0.3) is 0 Å². The number of ketones is 2. The van der Waals surface area contributed by atoms with Gasteiger partial charge >= 0.3 is 0 Å².